The molecule has 0 bridgehead atoms. The Kier molecular flexibility index (Phi) is 15.4. The van der Waals surface area contributed by atoms with Crippen molar-refractivity contribution in [3.63, 3.8) is 0 Å². The molecular weight excluding hydrogens is 1230 g/mol. The van der Waals surface area contributed by atoms with E-state index in [1.54, 1.807) is 0 Å². The van der Waals surface area contributed by atoms with E-state index in [2.05, 4.69) is 46.0 Å². The van der Waals surface area contributed by atoms with Crippen LogP contribution in [-0.2, 0) is 50.6 Å². The molecule has 430 valence electrons. The Morgan fingerprint density at radius 2 is 1.14 bits per heavy atom. The molecule has 11 N–H and O–H groups in total. The van der Waals surface area contributed by atoms with E-state index in [-0.39, 0.29) is 16.4 Å². The lowest BCUT2D eigenvalue weighted by molar-refractivity contribution is -0.384. The molecule has 0 spiro atoms. The summed E-state index contributed by atoms with van der Waals surface area (Å²) in [6.07, 6.45) is 0. The third-order valence-corrected chi connectivity index (χ3v) is 16.1. The summed E-state index contributed by atoms with van der Waals surface area (Å²) in [5.41, 5.74) is -1.63. The van der Waals surface area contributed by atoms with Crippen molar-refractivity contribution in [2.75, 3.05) is 5.73 Å². The Morgan fingerprint density at radius 1 is 0.578 bits per heavy atom. The Labute approximate surface area is 467 Å². The van der Waals surface area contributed by atoms with Crippen molar-refractivity contribution in [3.05, 3.63) is 117 Å². The molecule has 83 heavy (non-hydrogen) atoms. The Morgan fingerprint density at radius 3 is 1.76 bits per heavy atom. The summed E-state index contributed by atoms with van der Waals surface area (Å²) in [7, 11) is -26.6. The summed E-state index contributed by atoms with van der Waals surface area (Å²) >= 11 is 6.17. The highest BCUT2D eigenvalue weighted by Gasteiger charge is 2.30. The summed E-state index contributed by atoms with van der Waals surface area (Å²) < 4.78 is 177. The number of non-ortho nitro benzene ring substituents is 1. The number of hydrogen-bond donors (Lipinski definition) is 10. The molecule has 0 aliphatic rings. The fourth-order valence-electron chi connectivity index (χ4n) is 7.65. The number of carboxylic acid groups (broad SMARTS) is 1. The summed E-state index contributed by atoms with van der Waals surface area (Å²) in [5.74, 6) is -4.78. The average molecular weight is 1260 g/mol. The molecule has 8 aromatic rings. The maximum atomic E-state index is 13.1. The van der Waals surface area contributed by atoms with Gasteiger partial charge in [-0.3, -0.25) is 32.9 Å². The number of nitrogens with zero attached hydrogens (tertiary/aromatic N) is 11. The molecule has 0 saturated heterocycles. The van der Waals surface area contributed by atoms with Crippen LogP contribution >= 0.6 is 11.6 Å². The third-order valence-electron chi connectivity index (χ3n) is 11.4. The van der Waals surface area contributed by atoms with Crippen LogP contribution in [0.3, 0.4) is 0 Å². The number of rotatable bonds is 16. The van der Waals surface area contributed by atoms with Crippen molar-refractivity contribution in [1.29, 1.82) is 0 Å². The number of aromatic carboxylic acids is 1. The zero-order valence-electron chi connectivity index (χ0n) is 40.4. The number of anilines is 1. The van der Waals surface area contributed by atoms with Gasteiger partial charge < -0.3 is 26.2 Å². The molecule has 0 unspecified atom stereocenters. The smallest absolute Gasteiger partial charge is 0.338 e. The SMILES string of the molecule is Cc1nn(-c2cc(S(=O)(=O)O)ccc2Cl)c(O)c1N=Nc1ccc(N=Nc2c(S(=O)(=O)O)cc3c(S(=O)(=O)O)c(N=Nc4cc(S(=O)(=O)O)c5ccc(N=Nc6ccc([N+](=O)[O-])cc6C(=O)O)c(O)c5c4N)ccc3c2O)cc1S(=O)(=O)O. The summed E-state index contributed by atoms with van der Waals surface area (Å²) in [5, 5.41) is 85.3. The first-order valence-electron chi connectivity index (χ1n) is 21.7. The van der Waals surface area contributed by atoms with Crippen LogP contribution in [0.2, 0.25) is 5.02 Å². The van der Waals surface area contributed by atoms with Crippen molar-refractivity contribution in [2.45, 2.75) is 31.4 Å². The second kappa shape index (κ2) is 21.5. The van der Waals surface area contributed by atoms with Crippen LogP contribution in [0, 0.1) is 17.0 Å². The highest BCUT2D eigenvalue weighted by atomic mass is 35.5. The van der Waals surface area contributed by atoms with Crippen molar-refractivity contribution in [1.82, 2.24) is 9.78 Å². The molecule has 0 saturated carbocycles. The number of hydrogen-bond acceptors (Lipinski definition) is 26. The van der Waals surface area contributed by atoms with Gasteiger partial charge in [0, 0.05) is 28.3 Å². The number of halogens is 1. The number of phenols is 2. The maximum Gasteiger partial charge on any atom is 0.338 e. The van der Waals surface area contributed by atoms with Gasteiger partial charge in [-0.25, -0.2) is 4.79 Å². The first kappa shape index (κ1) is 59.7. The summed E-state index contributed by atoms with van der Waals surface area (Å²) in [6, 6.07) is 12.2. The fourth-order valence-corrected chi connectivity index (χ4v) is 11.2. The van der Waals surface area contributed by atoms with Crippen LogP contribution < -0.4 is 5.73 Å². The average Bonchev–Trinajstić information content (AvgIpc) is 2.10. The minimum absolute atomic E-state index is 0.109. The number of benzene rings is 7. The molecule has 40 heteroatoms. The number of nitro groups is 1. The van der Waals surface area contributed by atoms with Crippen molar-refractivity contribution in [3.8, 4) is 23.1 Å². The van der Waals surface area contributed by atoms with E-state index in [1.807, 2.05) is 0 Å². The van der Waals surface area contributed by atoms with Crippen LogP contribution in [0.4, 0.5) is 56.9 Å². The van der Waals surface area contributed by atoms with Gasteiger partial charge in [-0.05, 0) is 79.7 Å². The molecule has 1 heterocycles. The van der Waals surface area contributed by atoms with E-state index in [0.29, 0.717) is 28.9 Å². The molecule has 0 amide bonds. The fraction of sp³-hybridized carbons (Fsp3) is 0.0233. The number of aromatic hydroxyl groups is 3. The molecule has 7 aromatic carbocycles. The van der Waals surface area contributed by atoms with Crippen molar-refractivity contribution < 1.29 is 95.0 Å². The normalized spacial score (nSPS) is 13.0. The topological polar surface area (TPSA) is 556 Å². The zero-order chi connectivity index (χ0) is 61.2. The maximum absolute atomic E-state index is 13.1. The van der Waals surface area contributed by atoms with E-state index < -0.39 is 187 Å². The number of aryl methyl sites for hydroxylation is 1. The monoisotopic (exact) mass is 1260 g/mol. The van der Waals surface area contributed by atoms with Gasteiger partial charge in [0.15, 0.2) is 17.2 Å². The number of nitro benzene ring substituents is 1. The quantitative estimate of drug-likeness (QED) is 0.0141. The second-order valence-corrected chi connectivity index (χ2v) is 24.0. The number of nitrogens with two attached hydrogens (primary N) is 1. The number of aromatic nitrogens is 2. The number of phenolic OH excluding ortho intramolecular Hbond substituents is 2. The molecule has 0 fully saturated rings. The van der Waals surface area contributed by atoms with E-state index in [4.69, 9.17) is 17.3 Å². The van der Waals surface area contributed by atoms with Gasteiger partial charge in [-0.15, -0.1) is 35.8 Å². The number of azo groups is 4. The van der Waals surface area contributed by atoms with Gasteiger partial charge in [-0.2, -0.15) is 57.0 Å². The molecule has 0 aliphatic carbocycles. The van der Waals surface area contributed by atoms with Crippen LogP contribution in [-0.4, -0.2) is 106 Å². The Balaban J connectivity index is 1.19. The minimum atomic E-state index is -5.66. The number of carboxylic acids is 1. The van der Waals surface area contributed by atoms with Crippen LogP contribution in [0.25, 0.3) is 27.2 Å². The van der Waals surface area contributed by atoms with E-state index in [0.717, 1.165) is 66.7 Å². The summed E-state index contributed by atoms with van der Waals surface area (Å²) in [6.45, 7) is 1.28. The van der Waals surface area contributed by atoms with Crippen LogP contribution in [0.5, 0.6) is 17.4 Å². The molecule has 0 atom stereocenters. The van der Waals surface area contributed by atoms with E-state index in [9.17, 15) is 100 Å². The third kappa shape index (κ3) is 12.0. The van der Waals surface area contributed by atoms with Gasteiger partial charge in [0.1, 0.15) is 53.7 Å². The van der Waals surface area contributed by atoms with Gasteiger partial charge >= 0.3 is 5.97 Å². The van der Waals surface area contributed by atoms with E-state index in [1.165, 1.54) is 6.92 Å². The molecule has 1 aromatic heterocycles. The lowest BCUT2D eigenvalue weighted by Gasteiger charge is -2.13. The van der Waals surface area contributed by atoms with Crippen LogP contribution in [0.1, 0.15) is 16.1 Å². The first-order chi connectivity index (χ1) is 38.5. The molecule has 0 radical (unpaired) electrons. The van der Waals surface area contributed by atoms with E-state index >= 15 is 0 Å². The predicted molar refractivity (Wildman–Crippen MR) is 283 cm³/mol. The molecule has 8 rings (SSSR count). The van der Waals surface area contributed by atoms with Crippen LogP contribution in [0.15, 0.2) is 156 Å². The number of nitrogen functional groups attached to an aromatic ring is 1. The lowest BCUT2D eigenvalue weighted by atomic mass is 10.1. The van der Waals surface area contributed by atoms with Gasteiger partial charge in [0.2, 0.25) is 5.88 Å². The lowest BCUT2D eigenvalue weighted by Crippen LogP contribution is -2.03. The Hall–Kier alpha value is -9.42. The molecular formula is C43H29ClN12O22S5. The predicted octanol–water partition coefficient (Wildman–Crippen LogP) is 9.34. The van der Waals surface area contributed by atoms with Crippen molar-refractivity contribution in [2.24, 2.45) is 40.9 Å². The highest BCUT2D eigenvalue weighted by molar-refractivity contribution is 7.87. The largest absolute Gasteiger partial charge is 0.505 e. The summed E-state index contributed by atoms with van der Waals surface area (Å²) in [4.78, 5) is 16.6. The van der Waals surface area contributed by atoms with Crippen molar-refractivity contribution >= 4 is 147 Å². The second-order valence-electron chi connectivity index (χ2n) is 16.6. The minimum Gasteiger partial charge on any atom is -0.505 e. The molecule has 34 nitrogen and oxygen atoms in total. The zero-order valence-corrected chi connectivity index (χ0v) is 45.2. The molecule has 0 aliphatic heterocycles. The van der Waals surface area contributed by atoms with Gasteiger partial charge in [-0.1, -0.05) is 17.7 Å². The Bertz CT molecular complexity index is 4920. The standard InChI is InChI=1S/C43H29ClN12O22S5/c1-17-37(42(59)55(54-17)31-14-20(79(64,65)66)4-7-25(31)44)52-48-27-8-2-18(12-33(27)81(70,71)72)46-53-38-34(82(73,74)75)15-23-21(39(38)57)5-11-29(41(23)83(76,77)78)50-51-30-16-32(80(67,68)69)22-6-10-28(40(58)35(22)36(30)45)49-47-26-9-3-19(56(62)63)13-24(26)43(60)61/h2-16,57-59H,45H2,1H3,(H,60,61)(H,64,65,66)(H,67,68,69)(H,70,71,72)(H,73,74,75)(H,76,77,78). The number of carbonyl (C=O) groups is 1. The van der Waals surface area contributed by atoms with Gasteiger partial charge in [0.05, 0.1) is 48.5 Å². The highest BCUT2D eigenvalue weighted by Crippen LogP contribution is 2.48. The first-order valence-corrected chi connectivity index (χ1v) is 29.2. The number of fused-ring (bicyclic) bond motifs is 2. The van der Waals surface area contributed by atoms with Gasteiger partial charge in [0.25, 0.3) is 56.3 Å².